The summed E-state index contributed by atoms with van der Waals surface area (Å²) in [5.41, 5.74) is 3.13. The van der Waals surface area contributed by atoms with E-state index in [2.05, 4.69) is 52.6 Å². The number of rotatable bonds is 4. The molecule has 110 valence electrons. The zero-order valence-electron chi connectivity index (χ0n) is 12.7. The molecule has 1 N–H and O–H groups in total. The molecule has 0 aliphatic rings. The summed E-state index contributed by atoms with van der Waals surface area (Å²) in [5.74, 6) is 1.24. The smallest absolute Gasteiger partial charge is 0.152 e. The summed E-state index contributed by atoms with van der Waals surface area (Å²) in [6.07, 6.45) is 3.65. The van der Waals surface area contributed by atoms with Crippen molar-refractivity contribution in [1.29, 1.82) is 0 Å². The topological polar surface area (TPSA) is 55.1 Å². The number of nitrogens with zero attached hydrogens (tertiary/aromatic N) is 4. The monoisotopic (exact) mass is 301 g/mol. The minimum Gasteiger partial charge on any atom is -0.359 e. The third-order valence-electron chi connectivity index (χ3n) is 3.36. The maximum Gasteiger partial charge on any atom is 0.152 e. The van der Waals surface area contributed by atoms with Gasteiger partial charge in [0.05, 0.1) is 11.7 Å². The predicted octanol–water partition coefficient (Wildman–Crippen LogP) is 3.79. The van der Waals surface area contributed by atoms with Crippen molar-refractivity contribution in [2.75, 3.05) is 5.32 Å². The molecule has 0 amide bonds. The lowest BCUT2D eigenvalue weighted by Gasteiger charge is -2.12. The van der Waals surface area contributed by atoms with E-state index in [1.165, 1.54) is 0 Å². The lowest BCUT2D eigenvalue weighted by atomic mass is 10.1. The molecule has 1 unspecified atom stereocenters. The average Bonchev–Trinajstić information content (AvgIpc) is 3.05. The summed E-state index contributed by atoms with van der Waals surface area (Å²) in [5, 5.41) is 11.2. The van der Waals surface area contributed by atoms with Crippen molar-refractivity contribution in [2.24, 2.45) is 0 Å². The second-order valence-electron chi connectivity index (χ2n) is 5.52. The summed E-state index contributed by atoms with van der Waals surface area (Å²) in [6.45, 7) is 8.40. The summed E-state index contributed by atoms with van der Waals surface area (Å²) < 4.78 is 1.88. The van der Waals surface area contributed by atoms with Gasteiger partial charge >= 0.3 is 0 Å². The van der Waals surface area contributed by atoms with Gasteiger partial charge < -0.3 is 5.32 Å². The van der Waals surface area contributed by atoms with E-state index in [0.717, 1.165) is 27.7 Å². The van der Waals surface area contributed by atoms with Crippen molar-refractivity contribution < 1.29 is 0 Å². The molecule has 21 heavy (non-hydrogen) atoms. The predicted molar refractivity (Wildman–Crippen MR) is 86.0 cm³/mol. The molecule has 3 aromatic rings. The largest absolute Gasteiger partial charge is 0.359 e. The van der Waals surface area contributed by atoms with Crippen molar-refractivity contribution in [1.82, 2.24) is 19.6 Å². The third-order valence-corrected chi connectivity index (χ3v) is 4.51. The minimum absolute atomic E-state index is 0.125. The molecule has 0 aromatic carbocycles. The highest BCUT2D eigenvalue weighted by atomic mass is 32.1. The molecule has 6 heteroatoms. The van der Waals surface area contributed by atoms with Crippen LogP contribution in [0.4, 0.5) is 5.82 Å². The summed E-state index contributed by atoms with van der Waals surface area (Å²) >= 11 is 1.67. The fourth-order valence-corrected chi connectivity index (χ4v) is 2.98. The van der Waals surface area contributed by atoms with Crippen molar-refractivity contribution in [3.05, 3.63) is 40.2 Å². The number of aryl methyl sites for hydroxylation is 1. The highest BCUT2D eigenvalue weighted by molar-refractivity contribution is 7.09. The van der Waals surface area contributed by atoms with E-state index < -0.39 is 0 Å². The van der Waals surface area contributed by atoms with Gasteiger partial charge in [0.2, 0.25) is 0 Å². The van der Waals surface area contributed by atoms with Crippen molar-refractivity contribution in [3.8, 4) is 0 Å². The maximum atomic E-state index is 4.58. The van der Waals surface area contributed by atoms with Crippen LogP contribution in [0.2, 0.25) is 0 Å². The Bertz CT molecular complexity index is 758. The molecule has 0 aliphatic heterocycles. The second kappa shape index (κ2) is 5.44. The van der Waals surface area contributed by atoms with Crippen LogP contribution in [-0.2, 0) is 0 Å². The van der Waals surface area contributed by atoms with E-state index in [1.54, 1.807) is 17.5 Å². The molecule has 3 heterocycles. The zero-order chi connectivity index (χ0) is 15.0. The van der Waals surface area contributed by atoms with Gasteiger partial charge in [-0.25, -0.2) is 14.5 Å². The minimum atomic E-state index is 0.125. The number of nitrogens with one attached hydrogen (secondary N) is 1. The van der Waals surface area contributed by atoms with Crippen molar-refractivity contribution in [2.45, 2.75) is 39.7 Å². The van der Waals surface area contributed by atoms with Crippen LogP contribution < -0.4 is 5.32 Å². The lowest BCUT2D eigenvalue weighted by Crippen LogP contribution is -2.09. The zero-order valence-corrected chi connectivity index (χ0v) is 13.5. The first-order chi connectivity index (χ1) is 10.0. The van der Waals surface area contributed by atoms with Crippen LogP contribution in [0.1, 0.15) is 49.1 Å². The van der Waals surface area contributed by atoms with E-state index >= 15 is 0 Å². The summed E-state index contributed by atoms with van der Waals surface area (Å²) in [4.78, 5) is 8.98. The van der Waals surface area contributed by atoms with Crippen LogP contribution in [0.25, 0.3) is 5.52 Å². The van der Waals surface area contributed by atoms with Gasteiger partial charge in [-0.1, -0.05) is 13.8 Å². The van der Waals surface area contributed by atoms with E-state index in [-0.39, 0.29) is 6.04 Å². The number of aromatic nitrogens is 4. The van der Waals surface area contributed by atoms with E-state index in [0.29, 0.717) is 5.92 Å². The number of thiazole rings is 1. The fraction of sp³-hybridized carbons (Fsp3) is 0.400. The summed E-state index contributed by atoms with van der Waals surface area (Å²) in [7, 11) is 0. The molecule has 1 atom stereocenters. The van der Waals surface area contributed by atoms with Gasteiger partial charge in [-0.05, 0) is 25.8 Å². The Morgan fingerprint density at radius 3 is 2.76 bits per heavy atom. The molecule has 0 saturated heterocycles. The molecule has 0 radical (unpaired) electrons. The Morgan fingerprint density at radius 1 is 1.29 bits per heavy atom. The fourth-order valence-electron chi connectivity index (χ4n) is 2.17. The van der Waals surface area contributed by atoms with Gasteiger partial charge in [0.1, 0.15) is 10.5 Å². The van der Waals surface area contributed by atoms with Gasteiger partial charge in [0, 0.05) is 23.5 Å². The van der Waals surface area contributed by atoms with E-state index in [9.17, 15) is 0 Å². The molecular formula is C15H19N5S. The molecular weight excluding hydrogens is 282 g/mol. The number of anilines is 1. The molecule has 0 aliphatic carbocycles. The van der Waals surface area contributed by atoms with E-state index in [1.807, 2.05) is 17.6 Å². The Hall–Kier alpha value is -1.95. The molecule has 0 saturated carbocycles. The number of fused-ring (bicyclic) bond motifs is 1. The van der Waals surface area contributed by atoms with Gasteiger partial charge in [-0.15, -0.1) is 11.3 Å². The molecule has 0 spiro atoms. The van der Waals surface area contributed by atoms with Crippen LogP contribution in [0.15, 0.2) is 23.8 Å². The standard InChI is InChI=1S/C15H19N5S/c1-9(2)12-7-13-14(16-5-6-20(13)19-12)18-11(4)15-17-10(3)8-21-15/h5-9,11H,1-4H3,(H,16,18). The first-order valence-corrected chi connectivity index (χ1v) is 7.95. The highest BCUT2D eigenvalue weighted by Gasteiger charge is 2.14. The molecule has 0 bridgehead atoms. The molecule has 5 nitrogen and oxygen atoms in total. The van der Waals surface area contributed by atoms with Gasteiger partial charge in [-0.3, -0.25) is 0 Å². The Balaban J connectivity index is 1.93. The lowest BCUT2D eigenvalue weighted by molar-refractivity contribution is 0.785. The molecule has 0 fully saturated rings. The normalized spacial score (nSPS) is 13.0. The van der Waals surface area contributed by atoms with Crippen LogP contribution >= 0.6 is 11.3 Å². The SMILES string of the molecule is Cc1csc(C(C)Nc2nccn3nc(C(C)C)cc23)n1. The highest BCUT2D eigenvalue weighted by Crippen LogP contribution is 2.25. The molecule has 3 aromatic heterocycles. The van der Waals surface area contributed by atoms with Gasteiger partial charge in [0.25, 0.3) is 0 Å². The number of hydrogen-bond donors (Lipinski definition) is 1. The third kappa shape index (κ3) is 2.76. The van der Waals surface area contributed by atoms with Gasteiger partial charge in [0.15, 0.2) is 5.82 Å². The van der Waals surface area contributed by atoms with E-state index in [4.69, 9.17) is 0 Å². The average molecular weight is 301 g/mol. The second-order valence-corrected chi connectivity index (χ2v) is 6.41. The Morgan fingerprint density at radius 2 is 2.10 bits per heavy atom. The maximum absolute atomic E-state index is 4.58. The van der Waals surface area contributed by atoms with Gasteiger partial charge in [-0.2, -0.15) is 5.10 Å². The quantitative estimate of drug-likeness (QED) is 0.796. The van der Waals surface area contributed by atoms with Crippen molar-refractivity contribution >= 4 is 22.7 Å². The first-order valence-electron chi connectivity index (χ1n) is 7.07. The van der Waals surface area contributed by atoms with Crippen LogP contribution in [-0.4, -0.2) is 19.6 Å². The first kappa shape index (κ1) is 14.0. The van der Waals surface area contributed by atoms with Crippen LogP contribution in [0, 0.1) is 6.92 Å². The van der Waals surface area contributed by atoms with Crippen molar-refractivity contribution in [3.63, 3.8) is 0 Å². The molecule has 3 rings (SSSR count). The summed E-state index contributed by atoms with van der Waals surface area (Å²) in [6, 6.07) is 2.22. The van der Waals surface area contributed by atoms with Crippen LogP contribution in [0.5, 0.6) is 0 Å². The Labute approximate surface area is 128 Å². The Kier molecular flexibility index (Phi) is 3.63. The van der Waals surface area contributed by atoms with Crippen LogP contribution in [0.3, 0.4) is 0 Å². The number of hydrogen-bond acceptors (Lipinski definition) is 5.